The Morgan fingerprint density at radius 3 is 2.48 bits per heavy atom. The summed E-state index contributed by atoms with van der Waals surface area (Å²) in [4.78, 5) is 0.599. The van der Waals surface area contributed by atoms with Crippen LogP contribution in [0.2, 0.25) is 0 Å². The first-order valence-electron chi connectivity index (χ1n) is 6.37. The van der Waals surface area contributed by atoms with Gasteiger partial charge in [0, 0.05) is 10.9 Å². The third-order valence-corrected chi connectivity index (χ3v) is 6.02. The van der Waals surface area contributed by atoms with E-state index in [1.54, 1.807) is 25.1 Å². The van der Waals surface area contributed by atoms with Crippen LogP contribution in [0.3, 0.4) is 0 Å². The lowest BCUT2D eigenvalue weighted by molar-refractivity contribution is 0.285. The van der Waals surface area contributed by atoms with Gasteiger partial charge in [0.25, 0.3) is 0 Å². The second kappa shape index (κ2) is 6.65. The van der Waals surface area contributed by atoms with Gasteiger partial charge in [-0.2, -0.15) is 0 Å². The number of hydrogen-bond acceptors (Lipinski definition) is 4. The summed E-state index contributed by atoms with van der Waals surface area (Å²) in [5.41, 5.74) is 0.855. The second-order valence-corrected chi connectivity index (χ2v) is 7.84. The van der Waals surface area contributed by atoms with Crippen molar-refractivity contribution in [3.8, 4) is 0 Å². The zero-order valence-electron chi connectivity index (χ0n) is 11.4. The van der Waals surface area contributed by atoms with Gasteiger partial charge in [-0.15, -0.1) is 11.3 Å². The molecule has 21 heavy (non-hydrogen) atoms. The van der Waals surface area contributed by atoms with Gasteiger partial charge in [0.2, 0.25) is 10.0 Å². The first-order valence-corrected chi connectivity index (χ1v) is 8.67. The van der Waals surface area contributed by atoms with Gasteiger partial charge in [0.05, 0.1) is 6.61 Å². The Balaban J connectivity index is 2.03. The van der Waals surface area contributed by atoms with E-state index in [-0.39, 0.29) is 22.7 Å². The predicted molar refractivity (Wildman–Crippen MR) is 80.1 cm³/mol. The minimum atomic E-state index is -3.59. The van der Waals surface area contributed by atoms with Crippen LogP contribution in [-0.2, 0) is 23.1 Å². The Labute approximate surface area is 127 Å². The molecule has 1 heterocycles. The van der Waals surface area contributed by atoms with Crippen LogP contribution >= 0.6 is 11.3 Å². The molecule has 0 amide bonds. The number of aliphatic hydroxyl groups excluding tert-OH is 1. The molecule has 114 valence electrons. The number of halogens is 1. The highest BCUT2D eigenvalue weighted by Gasteiger charge is 2.19. The van der Waals surface area contributed by atoms with Crippen LogP contribution in [0, 0.1) is 5.82 Å². The Hall–Kier alpha value is -1.28. The molecule has 1 aromatic carbocycles. The van der Waals surface area contributed by atoms with E-state index in [2.05, 4.69) is 4.72 Å². The summed E-state index contributed by atoms with van der Waals surface area (Å²) >= 11 is 1.04. The van der Waals surface area contributed by atoms with Gasteiger partial charge in [0.1, 0.15) is 10.0 Å². The van der Waals surface area contributed by atoms with Gasteiger partial charge >= 0.3 is 0 Å². The van der Waals surface area contributed by atoms with Crippen LogP contribution in [0.15, 0.2) is 40.6 Å². The van der Waals surface area contributed by atoms with E-state index < -0.39 is 10.0 Å². The number of thiophene rings is 1. The summed E-state index contributed by atoms with van der Waals surface area (Å²) in [6, 6.07) is 8.71. The van der Waals surface area contributed by atoms with Crippen molar-refractivity contribution in [2.45, 2.75) is 30.2 Å². The molecular weight excluding hydrogens is 313 g/mol. The van der Waals surface area contributed by atoms with E-state index in [0.29, 0.717) is 11.3 Å². The van der Waals surface area contributed by atoms with Crippen LogP contribution in [0.4, 0.5) is 4.39 Å². The van der Waals surface area contributed by atoms with Crippen LogP contribution < -0.4 is 4.72 Å². The Kier molecular flexibility index (Phi) is 5.10. The molecule has 0 aliphatic heterocycles. The fraction of sp³-hybridized carbons (Fsp3) is 0.286. The highest BCUT2D eigenvalue weighted by molar-refractivity contribution is 7.91. The van der Waals surface area contributed by atoms with Crippen molar-refractivity contribution in [3.05, 3.63) is 52.7 Å². The minimum Gasteiger partial charge on any atom is -0.391 e. The lowest BCUT2D eigenvalue weighted by atomic mass is 10.1. The monoisotopic (exact) mass is 329 g/mol. The third kappa shape index (κ3) is 4.34. The SMILES string of the molecule is CC(Cc1ccc(F)cc1)NS(=O)(=O)c1ccc(CO)s1. The van der Waals surface area contributed by atoms with E-state index >= 15 is 0 Å². The quantitative estimate of drug-likeness (QED) is 0.854. The van der Waals surface area contributed by atoms with Gasteiger partial charge in [-0.3, -0.25) is 0 Å². The largest absolute Gasteiger partial charge is 0.391 e. The van der Waals surface area contributed by atoms with Crippen molar-refractivity contribution in [1.82, 2.24) is 4.72 Å². The molecule has 2 aromatic rings. The number of hydrogen-bond donors (Lipinski definition) is 2. The molecule has 1 aromatic heterocycles. The molecule has 2 N–H and O–H groups in total. The zero-order valence-corrected chi connectivity index (χ0v) is 13.0. The highest BCUT2D eigenvalue weighted by atomic mass is 32.2. The highest BCUT2D eigenvalue weighted by Crippen LogP contribution is 2.21. The van der Waals surface area contributed by atoms with Crippen LogP contribution in [0.1, 0.15) is 17.4 Å². The van der Waals surface area contributed by atoms with Gasteiger partial charge in [-0.05, 0) is 43.2 Å². The number of benzene rings is 1. The maximum atomic E-state index is 12.8. The van der Waals surface area contributed by atoms with Crippen LogP contribution in [-0.4, -0.2) is 19.6 Å². The number of sulfonamides is 1. The van der Waals surface area contributed by atoms with Gasteiger partial charge in [0.15, 0.2) is 0 Å². The number of aliphatic hydroxyl groups is 1. The lowest BCUT2D eigenvalue weighted by Crippen LogP contribution is -2.33. The molecule has 7 heteroatoms. The van der Waals surface area contributed by atoms with Gasteiger partial charge in [-0.1, -0.05) is 12.1 Å². The van der Waals surface area contributed by atoms with E-state index in [9.17, 15) is 12.8 Å². The zero-order chi connectivity index (χ0) is 15.5. The summed E-state index contributed by atoms with van der Waals surface area (Å²) in [6.07, 6.45) is 0.470. The first-order chi connectivity index (χ1) is 9.90. The van der Waals surface area contributed by atoms with Gasteiger partial charge in [-0.25, -0.2) is 17.5 Å². The standard InChI is InChI=1S/C14H16FNO3S2/c1-10(8-11-2-4-12(15)5-3-11)16-21(18,19)14-7-6-13(9-17)20-14/h2-7,10,16-17H,8-9H2,1H3. The first kappa shape index (κ1) is 16.1. The molecule has 4 nitrogen and oxygen atoms in total. The Morgan fingerprint density at radius 2 is 1.90 bits per heavy atom. The average Bonchev–Trinajstić information content (AvgIpc) is 2.90. The molecule has 0 saturated carbocycles. The molecule has 0 fully saturated rings. The number of nitrogens with one attached hydrogen (secondary N) is 1. The molecule has 0 saturated heterocycles. The Bertz CT molecular complexity index is 695. The van der Waals surface area contributed by atoms with E-state index in [1.165, 1.54) is 18.2 Å². The molecule has 0 aliphatic carbocycles. The van der Waals surface area contributed by atoms with E-state index in [1.807, 2.05) is 0 Å². The summed E-state index contributed by atoms with van der Waals surface area (Å²) in [7, 11) is -3.59. The second-order valence-electron chi connectivity index (χ2n) is 4.73. The summed E-state index contributed by atoms with van der Waals surface area (Å²) < 4.78 is 39.9. The summed E-state index contributed by atoms with van der Waals surface area (Å²) in [5.74, 6) is -0.317. The fourth-order valence-electron chi connectivity index (χ4n) is 1.93. The van der Waals surface area contributed by atoms with E-state index in [4.69, 9.17) is 5.11 Å². The average molecular weight is 329 g/mol. The normalized spacial score (nSPS) is 13.3. The van der Waals surface area contributed by atoms with Crippen LogP contribution in [0.25, 0.3) is 0 Å². The van der Waals surface area contributed by atoms with Crippen LogP contribution in [0.5, 0.6) is 0 Å². The number of rotatable bonds is 6. The third-order valence-electron chi connectivity index (χ3n) is 2.87. The molecule has 0 radical (unpaired) electrons. The maximum Gasteiger partial charge on any atom is 0.250 e. The van der Waals surface area contributed by atoms with E-state index in [0.717, 1.165) is 16.9 Å². The molecule has 0 spiro atoms. The van der Waals surface area contributed by atoms with Crippen molar-refractivity contribution in [2.24, 2.45) is 0 Å². The van der Waals surface area contributed by atoms with Crippen molar-refractivity contribution in [3.63, 3.8) is 0 Å². The van der Waals surface area contributed by atoms with Crippen molar-refractivity contribution in [1.29, 1.82) is 0 Å². The lowest BCUT2D eigenvalue weighted by Gasteiger charge is -2.13. The van der Waals surface area contributed by atoms with Crippen molar-refractivity contribution < 1.29 is 17.9 Å². The smallest absolute Gasteiger partial charge is 0.250 e. The van der Waals surface area contributed by atoms with Gasteiger partial charge < -0.3 is 5.11 Å². The molecule has 0 bridgehead atoms. The predicted octanol–water partition coefficient (Wildman–Crippen LogP) is 2.29. The molecular formula is C14H16FNO3S2. The molecule has 1 unspecified atom stereocenters. The minimum absolute atomic E-state index is 0.175. The summed E-state index contributed by atoms with van der Waals surface area (Å²) in [6.45, 7) is 1.58. The maximum absolute atomic E-state index is 12.8. The molecule has 1 atom stereocenters. The van der Waals surface area contributed by atoms with Crippen molar-refractivity contribution in [2.75, 3.05) is 0 Å². The fourth-order valence-corrected chi connectivity index (χ4v) is 4.40. The molecule has 2 rings (SSSR count). The topological polar surface area (TPSA) is 66.4 Å². The van der Waals surface area contributed by atoms with Crippen molar-refractivity contribution >= 4 is 21.4 Å². The Morgan fingerprint density at radius 1 is 1.24 bits per heavy atom. The molecule has 0 aliphatic rings. The summed E-state index contributed by atoms with van der Waals surface area (Å²) in [5, 5.41) is 8.98.